The maximum atomic E-state index is 3.74. The number of fused-ring (bicyclic) bond motifs is 1. The van der Waals surface area contributed by atoms with Gasteiger partial charge in [-0.05, 0) is 25.2 Å². The van der Waals surface area contributed by atoms with Crippen molar-refractivity contribution in [1.82, 2.24) is 0 Å². The predicted molar refractivity (Wildman–Crippen MR) is 51.4 cm³/mol. The van der Waals surface area contributed by atoms with Crippen LogP contribution in [0.2, 0.25) is 0 Å². The molecule has 0 bridgehead atoms. The molecular formula is C12H11. The van der Waals surface area contributed by atoms with E-state index >= 15 is 0 Å². The molecule has 0 spiro atoms. The van der Waals surface area contributed by atoms with E-state index in [2.05, 4.69) is 43.7 Å². The molecule has 0 aromatic carbocycles. The van der Waals surface area contributed by atoms with Gasteiger partial charge in [0, 0.05) is 11.8 Å². The summed E-state index contributed by atoms with van der Waals surface area (Å²) in [5.74, 6) is 4.06. The second-order valence-electron chi connectivity index (χ2n) is 2.94. The molecule has 59 valence electrons. The van der Waals surface area contributed by atoms with Crippen molar-refractivity contribution in [1.29, 1.82) is 0 Å². The van der Waals surface area contributed by atoms with Crippen molar-refractivity contribution < 1.29 is 0 Å². The molecule has 0 aliphatic heterocycles. The lowest BCUT2D eigenvalue weighted by atomic mass is 9.85. The van der Waals surface area contributed by atoms with Gasteiger partial charge in [0.25, 0.3) is 0 Å². The average molecular weight is 155 g/mol. The molecule has 0 amide bonds. The highest BCUT2D eigenvalue weighted by molar-refractivity contribution is 5.62. The first kappa shape index (κ1) is 7.85. The van der Waals surface area contributed by atoms with Gasteiger partial charge in [0.05, 0.1) is 0 Å². The zero-order chi connectivity index (χ0) is 8.39. The van der Waals surface area contributed by atoms with Crippen LogP contribution in [0.15, 0.2) is 37.0 Å². The Morgan fingerprint density at radius 1 is 1.17 bits per heavy atom. The number of rotatable bonds is 2. The lowest BCUT2D eigenvalue weighted by Gasteiger charge is -2.18. The van der Waals surface area contributed by atoms with Crippen LogP contribution in [0.1, 0.15) is 6.42 Å². The Morgan fingerprint density at radius 3 is 2.83 bits per heavy atom. The van der Waals surface area contributed by atoms with Gasteiger partial charge in [0.15, 0.2) is 0 Å². The Hall–Kier alpha value is -0.780. The van der Waals surface area contributed by atoms with Crippen LogP contribution in [0, 0.1) is 30.6 Å². The summed E-state index contributed by atoms with van der Waals surface area (Å²) in [6, 6.07) is 0. The first-order chi connectivity index (χ1) is 5.92. The summed E-state index contributed by atoms with van der Waals surface area (Å²) in [6.07, 6.45) is 15.7. The van der Waals surface area contributed by atoms with Gasteiger partial charge in [-0.2, -0.15) is 0 Å². The summed E-state index contributed by atoms with van der Waals surface area (Å²) in [6.45, 7) is 3.74. The number of hydrogen-bond donors (Lipinski definition) is 0. The maximum Gasteiger partial charge on any atom is 0.0161 e. The molecule has 0 aromatic rings. The van der Waals surface area contributed by atoms with Crippen LogP contribution in [0.5, 0.6) is 0 Å². The van der Waals surface area contributed by atoms with Crippen LogP contribution in [0.25, 0.3) is 0 Å². The monoisotopic (exact) mass is 155 g/mol. The Morgan fingerprint density at radius 2 is 2.00 bits per heavy atom. The standard InChI is InChI=1S/C12H11/c1-2-5-10-8-9-11-6-3-4-7-12(10)11/h2-4,6-9H,1,5H2. The van der Waals surface area contributed by atoms with Crippen molar-refractivity contribution in [2.45, 2.75) is 6.42 Å². The van der Waals surface area contributed by atoms with Crippen LogP contribution in [0.4, 0.5) is 0 Å². The summed E-state index contributed by atoms with van der Waals surface area (Å²) < 4.78 is 0. The van der Waals surface area contributed by atoms with Gasteiger partial charge in [-0.3, -0.25) is 0 Å². The van der Waals surface area contributed by atoms with E-state index in [-0.39, 0.29) is 0 Å². The summed E-state index contributed by atoms with van der Waals surface area (Å²) in [7, 11) is 0. The average Bonchev–Trinajstić information content (AvgIpc) is 2.50. The molecule has 1 saturated carbocycles. The van der Waals surface area contributed by atoms with Crippen molar-refractivity contribution in [3.63, 3.8) is 0 Å². The first-order valence-electron chi connectivity index (χ1n) is 4.16. The van der Waals surface area contributed by atoms with Gasteiger partial charge >= 0.3 is 0 Å². The quantitative estimate of drug-likeness (QED) is 0.538. The molecule has 2 rings (SSSR count). The molecule has 0 aromatic heterocycles. The summed E-state index contributed by atoms with van der Waals surface area (Å²) in [5.41, 5.74) is 0. The maximum absolute atomic E-state index is 3.74. The predicted octanol–water partition coefficient (Wildman–Crippen LogP) is 2.83. The van der Waals surface area contributed by atoms with Gasteiger partial charge in [-0.25, -0.2) is 0 Å². The van der Waals surface area contributed by atoms with Crippen molar-refractivity contribution in [3.8, 4) is 0 Å². The Labute approximate surface area is 74.7 Å². The fraction of sp³-hybridized carbons (Fsp3) is 0.0833. The third-order valence-electron chi connectivity index (χ3n) is 2.14. The fourth-order valence-electron chi connectivity index (χ4n) is 1.55. The zero-order valence-electron chi connectivity index (χ0n) is 6.96. The minimum Gasteiger partial charge on any atom is -0.103 e. The van der Waals surface area contributed by atoms with Crippen molar-refractivity contribution in [2.24, 2.45) is 0 Å². The molecule has 0 heterocycles. The van der Waals surface area contributed by atoms with E-state index in [4.69, 9.17) is 0 Å². The minimum atomic E-state index is 0.966. The second-order valence-corrected chi connectivity index (χ2v) is 2.94. The number of hydrogen-bond acceptors (Lipinski definition) is 0. The van der Waals surface area contributed by atoms with Crippen LogP contribution in [-0.2, 0) is 0 Å². The van der Waals surface area contributed by atoms with Gasteiger partial charge in [0.2, 0.25) is 0 Å². The normalized spacial score (nSPS) is 24.7. The van der Waals surface area contributed by atoms with E-state index in [1.54, 1.807) is 0 Å². The molecule has 2 aliphatic rings. The molecule has 1 fully saturated rings. The van der Waals surface area contributed by atoms with Crippen molar-refractivity contribution in [3.05, 3.63) is 67.6 Å². The highest BCUT2D eigenvalue weighted by Crippen LogP contribution is 2.45. The Bertz CT molecular complexity index is 222. The third-order valence-corrected chi connectivity index (χ3v) is 2.14. The van der Waals surface area contributed by atoms with E-state index in [1.807, 2.05) is 6.08 Å². The smallest absolute Gasteiger partial charge is 0.0161 e. The topological polar surface area (TPSA) is 0 Å². The molecule has 0 N–H and O–H groups in total. The van der Waals surface area contributed by atoms with Crippen LogP contribution in [0.3, 0.4) is 0 Å². The first-order valence-corrected chi connectivity index (χ1v) is 4.16. The van der Waals surface area contributed by atoms with Crippen LogP contribution >= 0.6 is 0 Å². The van der Waals surface area contributed by atoms with E-state index in [1.165, 1.54) is 17.8 Å². The Kier molecular flexibility index (Phi) is 2.16. The molecule has 5 radical (unpaired) electrons. The highest BCUT2D eigenvalue weighted by atomic mass is 14.4. The second kappa shape index (κ2) is 3.30. The summed E-state index contributed by atoms with van der Waals surface area (Å²) in [4.78, 5) is 0. The zero-order valence-corrected chi connectivity index (χ0v) is 6.96. The van der Waals surface area contributed by atoms with Crippen molar-refractivity contribution >= 4 is 0 Å². The highest BCUT2D eigenvalue weighted by Gasteiger charge is 2.34. The largest absolute Gasteiger partial charge is 0.103 e. The molecule has 0 saturated heterocycles. The molecule has 0 heteroatoms. The summed E-state index contributed by atoms with van der Waals surface area (Å²) in [5, 5.41) is 0. The van der Waals surface area contributed by atoms with E-state index in [0.29, 0.717) is 0 Å². The van der Waals surface area contributed by atoms with Crippen LogP contribution in [-0.4, -0.2) is 0 Å². The third kappa shape index (κ3) is 1.26. The van der Waals surface area contributed by atoms with Crippen LogP contribution < -0.4 is 0 Å². The van der Waals surface area contributed by atoms with E-state index in [0.717, 1.165) is 6.42 Å². The molecule has 2 aliphatic carbocycles. The van der Waals surface area contributed by atoms with Gasteiger partial charge < -0.3 is 0 Å². The Balaban J connectivity index is 2.07. The van der Waals surface area contributed by atoms with Crippen molar-refractivity contribution in [2.75, 3.05) is 0 Å². The van der Waals surface area contributed by atoms with Gasteiger partial charge in [0.1, 0.15) is 0 Å². The molecule has 0 unspecified atom stereocenters. The molecule has 12 heavy (non-hydrogen) atoms. The summed E-state index contributed by atoms with van der Waals surface area (Å²) >= 11 is 0. The molecule has 0 nitrogen and oxygen atoms in total. The molecule has 0 atom stereocenters. The lowest BCUT2D eigenvalue weighted by Crippen LogP contribution is -2.06. The van der Waals surface area contributed by atoms with E-state index < -0.39 is 0 Å². The van der Waals surface area contributed by atoms with Gasteiger partial charge in [-0.15, -0.1) is 6.58 Å². The van der Waals surface area contributed by atoms with E-state index in [9.17, 15) is 0 Å². The lowest BCUT2D eigenvalue weighted by molar-refractivity contribution is 1.02. The SMILES string of the molecule is C=CC[C]1[CH][CH][C]2C=CC=C[C]21. The minimum absolute atomic E-state index is 0.966. The van der Waals surface area contributed by atoms with Gasteiger partial charge in [-0.1, -0.05) is 30.4 Å². The fourth-order valence-corrected chi connectivity index (χ4v) is 1.55. The number of allylic oxidation sites excluding steroid dienone is 5. The molecular weight excluding hydrogens is 144 g/mol.